The summed E-state index contributed by atoms with van der Waals surface area (Å²) in [4.78, 5) is 48.2. The highest BCUT2D eigenvalue weighted by Crippen LogP contribution is 2.39. The van der Waals surface area contributed by atoms with Crippen LogP contribution in [0.3, 0.4) is 0 Å². The Bertz CT molecular complexity index is 1630. The Hall–Kier alpha value is -1.91. The lowest BCUT2D eigenvalue weighted by Crippen LogP contribution is -2.64. The van der Waals surface area contributed by atoms with Crippen LogP contribution in [0.25, 0.3) is 0 Å². The van der Waals surface area contributed by atoms with E-state index in [1.165, 1.54) is 0 Å². The fourth-order valence-electron chi connectivity index (χ4n) is 7.34. The van der Waals surface area contributed by atoms with Crippen LogP contribution in [-0.4, -0.2) is 294 Å². The smallest absolute Gasteiger partial charge is 0.322 e. The molecular formula is C37H63N3O26S3. The van der Waals surface area contributed by atoms with Crippen LogP contribution < -0.4 is 16.4 Å². The number of carbonyl (C=O) groups is 4. The molecule has 4 heterocycles. The van der Waals surface area contributed by atoms with Gasteiger partial charge in [-0.05, 0) is 6.42 Å². The number of carboxylic acid groups (broad SMARTS) is 2. The number of hydrogen-bond donors (Lipinski definition) is 19. The molecule has 4 saturated heterocycles. The van der Waals surface area contributed by atoms with Gasteiger partial charge in [-0.1, -0.05) is 0 Å². The van der Waals surface area contributed by atoms with Gasteiger partial charge in [0, 0.05) is 28.9 Å². The lowest BCUT2D eigenvalue weighted by molar-refractivity contribution is -0.338. The highest BCUT2D eigenvalue weighted by Gasteiger charge is 2.53. The largest absolute Gasteiger partial charge is 0.480 e. The SMILES string of the molecule is N[C@@H](CCC(=O)N[C@@H](CSCC(CS[C@@H]1O[C@H](CO)[C@@H](O[C@@H]2O[C@H](CO)[C@H](O)[C@H](O)[C@H]2O)[C@H](O)[C@H]1O)S[C@@H]1O[C@H](CO)[C@@H](O[C@@H]2O[C@H](CO)[C@H](O)[C@H](O)[C@H]2O)[C@H](O)[C@H]1O)C(=O)NCC(=O)O)C(=O)O. The standard InChI is InChI=1S/C37H63N3O26S3/c38-12(33(59)60)1-2-18(45)40-13(32(58)39-3-19(46)47)10-67-8-11(69-37-29(57)25(53)31(17(7-44)64-37)66-35-27(55)23(51)21(49)15(5-42)62-35)9-68-36-28(56)24(52)30(16(6-43)63-36)65-34-26(54)22(50)20(48)14(4-41)61-34/h11-17,20-31,34-37,41-44,48-57H,1-10,38H2,(H,39,58)(H,40,45)(H,46,47)(H,59,60)/t11?,12-,13-,14+,15+,16+,17+,20-,21-,22-,23-,24+,25+,26+,27+,28+,29+,30+,31+,34-,35-,36-,37-/m0/s1. The minimum absolute atomic E-state index is 0.0605. The van der Waals surface area contributed by atoms with Crippen LogP contribution in [0.2, 0.25) is 0 Å². The zero-order chi connectivity index (χ0) is 51.4. The molecule has 29 nitrogen and oxygen atoms in total. The Morgan fingerprint density at radius 1 is 0.580 bits per heavy atom. The molecule has 0 aromatic rings. The molecule has 0 aromatic heterocycles. The van der Waals surface area contributed by atoms with Gasteiger partial charge >= 0.3 is 11.9 Å². The third-order valence-corrected chi connectivity index (χ3v) is 15.7. The number of aliphatic hydroxyl groups excluding tert-OH is 14. The maximum absolute atomic E-state index is 13.1. The van der Waals surface area contributed by atoms with Crippen molar-refractivity contribution >= 4 is 59.0 Å². The van der Waals surface area contributed by atoms with Crippen LogP contribution in [0.15, 0.2) is 0 Å². The number of amides is 2. The van der Waals surface area contributed by atoms with Crippen molar-refractivity contribution in [1.29, 1.82) is 0 Å². The molecule has 0 bridgehead atoms. The Balaban J connectivity index is 1.53. The molecule has 0 saturated carbocycles. The second-order valence-corrected chi connectivity index (χ2v) is 20.0. The van der Waals surface area contributed by atoms with Gasteiger partial charge in [-0.3, -0.25) is 19.2 Å². The molecule has 32 heteroatoms. The van der Waals surface area contributed by atoms with Crippen LogP contribution in [0, 0.1) is 0 Å². The predicted octanol–water partition coefficient (Wildman–Crippen LogP) is -10.3. The van der Waals surface area contributed by atoms with Gasteiger partial charge in [0.15, 0.2) is 12.6 Å². The molecule has 400 valence electrons. The molecule has 69 heavy (non-hydrogen) atoms. The fourth-order valence-corrected chi connectivity index (χ4v) is 11.6. The average Bonchev–Trinajstić information content (AvgIpc) is 3.32. The van der Waals surface area contributed by atoms with Gasteiger partial charge in [-0.2, -0.15) is 11.8 Å². The van der Waals surface area contributed by atoms with Crippen LogP contribution in [-0.2, 0) is 47.6 Å². The summed E-state index contributed by atoms with van der Waals surface area (Å²) in [6.07, 6.45) is -32.0. The number of aliphatic hydroxyl groups is 14. The minimum Gasteiger partial charge on any atom is -0.480 e. The predicted molar refractivity (Wildman–Crippen MR) is 231 cm³/mol. The summed E-state index contributed by atoms with van der Waals surface area (Å²) in [5.74, 6) is -4.99. The van der Waals surface area contributed by atoms with Crippen molar-refractivity contribution in [2.45, 2.75) is 151 Å². The van der Waals surface area contributed by atoms with E-state index in [0.29, 0.717) is 0 Å². The van der Waals surface area contributed by atoms with Crippen molar-refractivity contribution in [2.24, 2.45) is 5.73 Å². The van der Waals surface area contributed by atoms with E-state index in [0.717, 1.165) is 35.3 Å². The monoisotopic (exact) mass is 1060 g/mol. The lowest BCUT2D eigenvalue weighted by atomic mass is 9.97. The van der Waals surface area contributed by atoms with E-state index in [4.69, 9.17) is 44.4 Å². The summed E-state index contributed by atoms with van der Waals surface area (Å²) < 4.78 is 33.8. The summed E-state index contributed by atoms with van der Waals surface area (Å²) in [6.45, 7) is -4.20. The molecule has 2 amide bonds. The summed E-state index contributed by atoms with van der Waals surface area (Å²) in [6, 6.07) is -2.82. The molecule has 0 aromatic carbocycles. The molecule has 4 aliphatic heterocycles. The molecule has 0 radical (unpaired) electrons. The molecule has 4 rings (SSSR count). The molecule has 23 atom stereocenters. The maximum atomic E-state index is 13.1. The Labute approximate surface area is 405 Å². The molecule has 0 spiro atoms. The van der Waals surface area contributed by atoms with Crippen molar-refractivity contribution < 1.29 is 129 Å². The summed E-state index contributed by atoms with van der Waals surface area (Å²) in [7, 11) is 0. The highest BCUT2D eigenvalue weighted by molar-refractivity contribution is 8.05. The van der Waals surface area contributed by atoms with E-state index in [9.17, 15) is 90.7 Å². The van der Waals surface area contributed by atoms with Crippen LogP contribution in [0.4, 0.5) is 0 Å². The zero-order valence-electron chi connectivity index (χ0n) is 36.4. The molecule has 4 fully saturated rings. The number of thioether (sulfide) groups is 3. The maximum Gasteiger partial charge on any atom is 0.322 e. The fraction of sp³-hybridized carbons (Fsp3) is 0.892. The number of ether oxygens (including phenoxy) is 6. The third-order valence-electron chi connectivity index (χ3n) is 11.3. The van der Waals surface area contributed by atoms with E-state index >= 15 is 0 Å². The van der Waals surface area contributed by atoms with Crippen molar-refractivity contribution in [2.75, 3.05) is 50.2 Å². The zero-order valence-corrected chi connectivity index (χ0v) is 38.8. The quantitative estimate of drug-likeness (QED) is 0.0404. The van der Waals surface area contributed by atoms with Gasteiger partial charge in [-0.15, -0.1) is 23.5 Å². The molecule has 4 aliphatic rings. The number of carbonyl (C=O) groups excluding carboxylic acids is 2. The summed E-state index contributed by atoms with van der Waals surface area (Å²) in [5, 5.41) is 169. The lowest BCUT2D eigenvalue weighted by Gasteiger charge is -2.46. The normalized spacial score (nSPS) is 39.8. The van der Waals surface area contributed by atoms with Gasteiger partial charge in [0.1, 0.15) is 127 Å². The first-order valence-corrected chi connectivity index (χ1v) is 24.5. The van der Waals surface area contributed by atoms with E-state index in [2.05, 4.69) is 10.6 Å². The number of hydrogen-bond acceptors (Lipinski definition) is 28. The highest BCUT2D eigenvalue weighted by atomic mass is 32.2. The molecular weight excluding hydrogens is 999 g/mol. The van der Waals surface area contributed by atoms with E-state index in [1.54, 1.807) is 0 Å². The first-order chi connectivity index (χ1) is 32.6. The first-order valence-electron chi connectivity index (χ1n) is 21.4. The van der Waals surface area contributed by atoms with E-state index < -0.39 is 202 Å². The first kappa shape index (κ1) is 59.7. The topological polar surface area (TPSA) is 497 Å². The van der Waals surface area contributed by atoms with Crippen molar-refractivity contribution in [1.82, 2.24) is 10.6 Å². The molecule has 1 unspecified atom stereocenters. The minimum atomic E-state index is -1.94. The number of nitrogens with two attached hydrogens (primary N) is 1. The van der Waals surface area contributed by atoms with Crippen molar-refractivity contribution in [3.05, 3.63) is 0 Å². The second kappa shape index (κ2) is 28.0. The third kappa shape index (κ3) is 15.8. The van der Waals surface area contributed by atoms with Gasteiger partial charge in [-0.25, -0.2) is 0 Å². The average molecular weight is 1060 g/mol. The van der Waals surface area contributed by atoms with E-state index in [-0.39, 0.29) is 23.7 Å². The molecule has 0 aliphatic carbocycles. The number of rotatable bonds is 25. The van der Waals surface area contributed by atoms with E-state index in [1.807, 2.05) is 0 Å². The van der Waals surface area contributed by atoms with Crippen molar-refractivity contribution in [3.8, 4) is 0 Å². The Morgan fingerprint density at radius 2 is 1.06 bits per heavy atom. The number of nitrogens with one attached hydrogen (secondary N) is 2. The van der Waals surface area contributed by atoms with Gasteiger partial charge in [0.25, 0.3) is 0 Å². The van der Waals surface area contributed by atoms with Gasteiger partial charge < -0.3 is 126 Å². The summed E-state index contributed by atoms with van der Waals surface area (Å²) >= 11 is 2.64. The van der Waals surface area contributed by atoms with Crippen molar-refractivity contribution in [3.63, 3.8) is 0 Å². The van der Waals surface area contributed by atoms with Crippen LogP contribution in [0.5, 0.6) is 0 Å². The summed E-state index contributed by atoms with van der Waals surface area (Å²) in [5.41, 5.74) is 2.67. The number of carboxylic acids is 2. The second-order valence-electron chi connectivity index (χ2n) is 16.4. The van der Waals surface area contributed by atoms with Crippen LogP contribution in [0.1, 0.15) is 12.8 Å². The number of aliphatic carboxylic acids is 2. The van der Waals surface area contributed by atoms with Crippen LogP contribution >= 0.6 is 35.3 Å². The van der Waals surface area contributed by atoms with Gasteiger partial charge in [0.05, 0.1) is 26.4 Å². The Morgan fingerprint density at radius 3 is 1.52 bits per heavy atom. The Kier molecular flexibility index (Phi) is 24.2. The van der Waals surface area contributed by atoms with Gasteiger partial charge in [0.2, 0.25) is 11.8 Å². The molecule has 20 N–H and O–H groups in total.